The summed E-state index contributed by atoms with van der Waals surface area (Å²) < 4.78 is 0. The highest BCUT2D eigenvalue weighted by molar-refractivity contribution is 5.91. The van der Waals surface area contributed by atoms with Gasteiger partial charge in [-0.2, -0.15) is 0 Å². The molecule has 0 saturated heterocycles. The Balaban J connectivity index is 1.43. The zero-order chi connectivity index (χ0) is 20.0. The molecule has 1 aromatic rings. The fourth-order valence-electron chi connectivity index (χ4n) is 8.86. The van der Waals surface area contributed by atoms with Gasteiger partial charge >= 0.3 is 0 Å². The molecule has 7 atom stereocenters. The average molecular weight is 389 g/mol. The number of aliphatic hydroxyl groups excluding tert-OH is 1. The fourth-order valence-corrected chi connectivity index (χ4v) is 8.86. The molecule has 3 saturated carbocycles. The molecule has 2 heteroatoms. The van der Waals surface area contributed by atoms with E-state index >= 15 is 0 Å². The number of rotatable bonds is 0. The van der Waals surface area contributed by atoms with E-state index in [1.807, 2.05) is 6.08 Å². The summed E-state index contributed by atoms with van der Waals surface area (Å²) in [7, 11) is 0. The maximum Gasteiger partial charge on any atom is 0.155 e. The SMILES string of the molecule is C=C1c2ccccc2C[C@]23C[C@H](O)[C@H]4[C@@H](CCC5=CC(=O)CC[C@@]54C)[C@@H]2CC[C@H]13. The van der Waals surface area contributed by atoms with E-state index in [0.29, 0.717) is 35.9 Å². The van der Waals surface area contributed by atoms with Crippen molar-refractivity contribution in [2.75, 3.05) is 0 Å². The molecule has 29 heavy (non-hydrogen) atoms. The molecule has 0 bridgehead atoms. The molecule has 0 unspecified atom stereocenters. The fraction of sp³-hybridized carbons (Fsp3) is 0.593. The molecule has 0 heterocycles. The Morgan fingerprint density at radius 1 is 1.14 bits per heavy atom. The Hall–Kier alpha value is -1.67. The quantitative estimate of drug-likeness (QED) is 0.650. The van der Waals surface area contributed by atoms with Crippen molar-refractivity contribution in [3.8, 4) is 0 Å². The molecular formula is C27H32O2. The maximum atomic E-state index is 12.1. The highest BCUT2D eigenvalue weighted by Crippen LogP contribution is 2.70. The van der Waals surface area contributed by atoms with Gasteiger partial charge in [-0.3, -0.25) is 4.79 Å². The largest absolute Gasteiger partial charge is 0.393 e. The normalized spacial score (nSPS) is 45.4. The number of benzene rings is 1. The lowest BCUT2D eigenvalue weighted by Crippen LogP contribution is -2.58. The Kier molecular flexibility index (Phi) is 3.71. The Bertz CT molecular complexity index is 942. The predicted octanol–water partition coefficient (Wildman–Crippen LogP) is 5.35. The first-order valence-electron chi connectivity index (χ1n) is 11.6. The molecular weight excluding hydrogens is 356 g/mol. The van der Waals surface area contributed by atoms with Crippen molar-refractivity contribution in [3.05, 3.63) is 53.6 Å². The van der Waals surface area contributed by atoms with Crippen LogP contribution in [0.15, 0.2) is 42.5 Å². The van der Waals surface area contributed by atoms with Gasteiger partial charge in [0.1, 0.15) is 0 Å². The highest BCUT2D eigenvalue weighted by Gasteiger charge is 2.64. The van der Waals surface area contributed by atoms with Gasteiger partial charge in [0.05, 0.1) is 6.10 Å². The van der Waals surface area contributed by atoms with E-state index in [1.54, 1.807) is 0 Å². The molecule has 0 aliphatic heterocycles. The zero-order valence-electron chi connectivity index (χ0n) is 17.5. The first kappa shape index (κ1) is 18.1. The standard InChI is InChI=1S/C27H32O2/c1-16-20-6-4-3-5-17(20)14-27-15-24(29)25-21(23(27)10-9-22(16)27)8-7-18-13-19(28)11-12-26(18,25)2/h3-6,13,21-25,29H,1,7-12,14-15H2,2H3/t21-,22+,23-,24-,25+,26-,27+/m0/s1. The number of ketones is 1. The number of aliphatic hydroxyl groups is 1. The van der Waals surface area contributed by atoms with E-state index in [-0.39, 0.29) is 16.9 Å². The van der Waals surface area contributed by atoms with Crippen molar-refractivity contribution >= 4 is 11.4 Å². The summed E-state index contributed by atoms with van der Waals surface area (Å²) in [5, 5.41) is 11.6. The maximum absolute atomic E-state index is 12.1. The van der Waals surface area contributed by atoms with E-state index in [1.165, 1.54) is 35.1 Å². The van der Waals surface area contributed by atoms with Crippen LogP contribution in [0.25, 0.3) is 5.57 Å². The van der Waals surface area contributed by atoms with Crippen LogP contribution in [0.3, 0.4) is 0 Å². The van der Waals surface area contributed by atoms with E-state index < -0.39 is 0 Å². The third kappa shape index (κ3) is 2.24. The second-order valence-electron chi connectivity index (χ2n) is 10.9. The Morgan fingerprint density at radius 3 is 2.83 bits per heavy atom. The zero-order valence-corrected chi connectivity index (χ0v) is 17.5. The predicted molar refractivity (Wildman–Crippen MR) is 115 cm³/mol. The van der Waals surface area contributed by atoms with Gasteiger partial charge < -0.3 is 5.11 Å². The number of carbonyl (C=O) groups is 1. The molecule has 0 radical (unpaired) electrons. The molecule has 1 N–H and O–H groups in total. The summed E-state index contributed by atoms with van der Waals surface area (Å²) in [4.78, 5) is 12.1. The third-order valence-corrected chi connectivity index (χ3v) is 9.93. The monoisotopic (exact) mass is 388 g/mol. The molecule has 2 nitrogen and oxygen atoms in total. The number of carbonyl (C=O) groups excluding carboxylic acids is 1. The molecule has 5 aliphatic rings. The van der Waals surface area contributed by atoms with Crippen LogP contribution < -0.4 is 0 Å². The average Bonchev–Trinajstić information content (AvgIpc) is 3.07. The summed E-state index contributed by atoms with van der Waals surface area (Å²) in [6.45, 7) is 6.92. The van der Waals surface area contributed by atoms with Crippen LogP contribution in [0, 0.1) is 34.5 Å². The smallest absolute Gasteiger partial charge is 0.155 e. The van der Waals surface area contributed by atoms with Gasteiger partial charge in [0.2, 0.25) is 0 Å². The number of fused-ring (bicyclic) bond motifs is 5. The lowest BCUT2D eigenvalue weighted by molar-refractivity contribution is -0.135. The molecule has 6 rings (SSSR count). The minimum atomic E-state index is -0.267. The lowest BCUT2D eigenvalue weighted by atomic mass is 9.44. The van der Waals surface area contributed by atoms with E-state index in [2.05, 4.69) is 37.8 Å². The van der Waals surface area contributed by atoms with E-state index in [0.717, 1.165) is 32.1 Å². The van der Waals surface area contributed by atoms with Crippen LogP contribution in [0.4, 0.5) is 0 Å². The third-order valence-electron chi connectivity index (χ3n) is 9.93. The van der Waals surface area contributed by atoms with Gasteiger partial charge in [-0.25, -0.2) is 0 Å². The van der Waals surface area contributed by atoms with Crippen molar-refractivity contribution in [1.29, 1.82) is 0 Å². The van der Waals surface area contributed by atoms with Gasteiger partial charge in [0.25, 0.3) is 0 Å². The summed E-state index contributed by atoms with van der Waals surface area (Å²) in [6, 6.07) is 8.83. The Labute approximate surface area is 174 Å². The first-order chi connectivity index (χ1) is 13.9. The van der Waals surface area contributed by atoms with Crippen molar-refractivity contribution in [2.24, 2.45) is 34.5 Å². The number of hydrogen-bond donors (Lipinski definition) is 1. The van der Waals surface area contributed by atoms with E-state index in [4.69, 9.17) is 0 Å². The second kappa shape index (κ2) is 5.94. The first-order valence-corrected chi connectivity index (χ1v) is 11.6. The molecule has 0 amide bonds. The highest BCUT2D eigenvalue weighted by atomic mass is 16.3. The lowest BCUT2D eigenvalue weighted by Gasteiger charge is -2.61. The molecule has 152 valence electrons. The second-order valence-corrected chi connectivity index (χ2v) is 10.9. The van der Waals surface area contributed by atoms with Crippen LogP contribution in [-0.2, 0) is 11.2 Å². The van der Waals surface area contributed by atoms with Crippen LogP contribution in [0.1, 0.15) is 63.0 Å². The minimum absolute atomic E-state index is 0.0134. The topological polar surface area (TPSA) is 37.3 Å². The number of allylic oxidation sites excluding steroid dienone is 2. The molecule has 5 aliphatic carbocycles. The van der Waals surface area contributed by atoms with Crippen molar-refractivity contribution in [3.63, 3.8) is 0 Å². The summed E-state index contributed by atoms with van der Waals surface area (Å²) in [6.07, 6.45) is 9.96. The van der Waals surface area contributed by atoms with Gasteiger partial charge in [0.15, 0.2) is 5.78 Å². The molecule has 0 aromatic heterocycles. The van der Waals surface area contributed by atoms with Gasteiger partial charge in [-0.15, -0.1) is 0 Å². The summed E-state index contributed by atoms with van der Waals surface area (Å²) in [5.74, 6) is 2.39. The van der Waals surface area contributed by atoms with Gasteiger partial charge in [0, 0.05) is 6.42 Å². The Morgan fingerprint density at radius 2 is 1.97 bits per heavy atom. The molecule has 1 spiro atoms. The van der Waals surface area contributed by atoms with Gasteiger partial charge in [-0.1, -0.05) is 43.3 Å². The molecule has 3 fully saturated rings. The van der Waals surface area contributed by atoms with Crippen LogP contribution in [-0.4, -0.2) is 17.0 Å². The summed E-state index contributed by atoms with van der Waals surface area (Å²) in [5.41, 5.74) is 5.67. The van der Waals surface area contributed by atoms with Crippen molar-refractivity contribution in [1.82, 2.24) is 0 Å². The van der Waals surface area contributed by atoms with Crippen molar-refractivity contribution in [2.45, 2.75) is 64.4 Å². The van der Waals surface area contributed by atoms with Crippen LogP contribution in [0.2, 0.25) is 0 Å². The number of hydrogen-bond acceptors (Lipinski definition) is 2. The summed E-state index contributed by atoms with van der Waals surface area (Å²) >= 11 is 0. The van der Waals surface area contributed by atoms with Crippen molar-refractivity contribution < 1.29 is 9.90 Å². The van der Waals surface area contributed by atoms with E-state index in [9.17, 15) is 9.90 Å². The van der Waals surface area contributed by atoms with Crippen LogP contribution in [0.5, 0.6) is 0 Å². The van der Waals surface area contributed by atoms with Crippen LogP contribution >= 0.6 is 0 Å². The molecule has 1 aromatic carbocycles. The minimum Gasteiger partial charge on any atom is -0.393 e. The van der Waals surface area contributed by atoms with Gasteiger partial charge in [-0.05, 0) is 102 Å².